The van der Waals surface area contributed by atoms with Crippen molar-refractivity contribution in [1.29, 1.82) is 0 Å². The van der Waals surface area contributed by atoms with Crippen LogP contribution in [0.15, 0.2) is 0 Å². The Hall–Kier alpha value is -0.570. The van der Waals surface area contributed by atoms with Crippen LogP contribution in [0.5, 0.6) is 0 Å². The molecule has 2 N–H and O–H groups in total. The van der Waals surface area contributed by atoms with Crippen LogP contribution in [0.4, 0.5) is 0 Å². The van der Waals surface area contributed by atoms with Gasteiger partial charge < -0.3 is 10.6 Å². The van der Waals surface area contributed by atoms with Crippen LogP contribution < -0.4 is 10.6 Å². The van der Waals surface area contributed by atoms with Gasteiger partial charge in [-0.15, -0.1) is 0 Å². The van der Waals surface area contributed by atoms with Crippen LogP contribution in [0, 0.1) is 17.3 Å². The monoisotopic (exact) mass is 222 g/mol. The zero-order chi connectivity index (χ0) is 11.3. The van der Waals surface area contributed by atoms with E-state index < -0.39 is 0 Å². The van der Waals surface area contributed by atoms with Crippen molar-refractivity contribution in [3.63, 3.8) is 0 Å². The molecule has 0 bridgehead atoms. The standard InChI is InChI=1S/C13H22N2O/c1-13(2)6-10(13)15-12(16)11-9-5-3-4-8(9)7-14-11/h8-11,14H,3-7H2,1-2H3,(H,15,16). The van der Waals surface area contributed by atoms with Crippen molar-refractivity contribution in [2.45, 2.75) is 51.6 Å². The fourth-order valence-corrected chi connectivity index (χ4v) is 3.45. The highest BCUT2D eigenvalue weighted by atomic mass is 16.2. The zero-order valence-corrected chi connectivity index (χ0v) is 10.3. The second-order valence-corrected chi connectivity index (χ2v) is 6.49. The predicted octanol–water partition coefficient (Wildman–Crippen LogP) is 1.29. The predicted molar refractivity (Wildman–Crippen MR) is 63.0 cm³/mol. The topological polar surface area (TPSA) is 41.1 Å². The summed E-state index contributed by atoms with van der Waals surface area (Å²) in [7, 11) is 0. The first-order valence-electron chi connectivity index (χ1n) is 6.62. The van der Waals surface area contributed by atoms with Crippen LogP contribution in [-0.2, 0) is 4.79 Å². The number of fused-ring (bicyclic) bond motifs is 1. The van der Waals surface area contributed by atoms with Crippen molar-refractivity contribution >= 4 is 5.91 Å². The molecule has 4 atom stereocenters. The van der Waals surface area contributed by atoms with Crippen molar-refractivity contribution < 1.29 is 4.79 Å². The highest BCUT2D eigenvalue weighted by Crippen LogP contribution is 2.45. The molecule has 0 aromatic heterocycles. The molecule has 0 aromatic rings. The first-order valence-corrected chi connectivity index (χ1v) is 6.62. The maximum Gasteiger partial charge on any atom is 0.237 e. The van der Waals surface area contributed by atoms with Crippen LogP contribution >= 0.6 is 0 Å². The largest absolute Gasteiger partial charge is 0.351 e. The van der Waals surface area contributed by atoms with Gasteiger partial charge in [0.15, 0.2) is 0 Å². The Morgan fingerprint density at radius 1 is 1.38 bits per heavy atom. The molecule has 3 aliphatic rings. The van der Waals surface area contributed by atoms with E-state index in [9.17, 15) is 4.79 Å². The van der Waals surface area contributed by atoms with Gasteiger partial charge in [0.25, 0.3) is 0 Å². The lowest BCUT2D eigenvalue weighted by molar-refractivity contribution is -0.124. The summed E-state index contributed by atoms with van der Waals surface area (Å²) >= 11 is 0. The van der Waals surface area contributed by atoms with Gasteiger partial charge in [0.05, 0.1) is 6.04 Å². The zero-order valence-electron chi connectivity index (χ0n) is 10.3. The van der Waals surface area contributed by atoms with Gasteiger partial charge in [-0.25, -0.2) is 0 Å². The number of rotatable bonds is 2. The average molecular weight is 222 g/mol. The molecule has 0 spiro atoms. The molecular weight excluding hydrogens is 200 g/mol. The molecule has 16 heavy (non-hydrogen) atoms. The van der Waals surface area contributed by atoms with Gasteiger partial charge in [-0.1, -0.05) is 20.3 Å². The highest BCUT2D eigenvalue weighted by Gasteiger charge is 2.49. The van der Waals surface area contributed by atoms with Crippen LogP contribution in [0.1, 0.15) is 39.5 Å². The van der Waals surface area contributed by atoms with E-state index in [1.165, 1.54) is 19.3 Å². The van der Waals surface area contributed by atoms with Crippen molar-refractivity contribution in [2.24, 2.45) is 17.3 Å². The van der Waals surface area contributed by atoms with Crippen LogP contribution in [0.25, 0.3) is 0 Å². The molecule has 4 unspecified atom stereocenters. The summed E-state index contributed by atoms with van der Waals surface area (Å²) < 4.78 is 0. The summed E-state index contributed by atoms with van der Waals surface area (Å²) in [6.45, 7) is 5.49. The number of hydrogen-bond acceptors (Lipinski definition) is 2. The third-order valence-electron chi connectivity index (χ3n) is 4.86. The van der Waals surface area contributed by atoms with E-state index in [2.05, 4.69) is 24.5 Å². The molecule has 1 saturated heterocycles. The van der Waals surface area contributed by atoms with E-state index in [4.69, 9.17) is 0 Å². The number of nitrogens with one attached hydrogen (secondary N) is 2. The second kappa shape index (κ2) is 3.46. The van der Waals surface area contributed by atoms with Gasteiger partial charge in [-0.2, -0.15) is 0 Å². The highest BCUT2D eigenvalue weighted by molar-refractivity contribution is 5.83. The SMILES string of the molecule is CC1(C)CC1NC(=O)C1NCC2CCCC21. The van der Waals surface area contributed by atoms with Crippen LogP contribution in [-0.4, -0.2) is 24.5 Å². The third-order valence-corrected chi connectivity index (χ3v) is 4.86. The Labute approximate surface area is 97.4 Å². The lowest BCUT2D eigenvalue weighted by Gasteiger charge is -2.18. The third kappa shape index (κ3) is 1.65. The Balaban J connectivity index is 1.59. The molecule has 1 amide bonds. The number of carbonyl (C=O) groups excluding carboxylic acids is 1. The summed E-state index contributed by atoms with van der Waals surface area (Å²) in [6.07, 6.45) is 5.01. The van der Waals surface area contributed by atoms with E-state index in [1.54, 1.807) is 0 Å². The lowest BCUT2D eigenvalue weighted by atomic mass is 9.93. The van der Waals surface area contributed by atoms with Crippen molar-refractivity contribution in [3.8, 4) is 0 Å². The second-order valence-electron chi connectivity index (χ2n) is 6.49. The molecule has 1 aliphatic heterocycles. The molecule has 90 valence electrons. The molecule has 2 aliphatic carbocycles. The van der Waals surface area contributed by atoms with Gasteiger partial charge in [0.2, 0.25) is 5.91 Å². The van der Waals surface area contributed by atoms with Crippen molar-refractivity contribution in [1.82, 2.24) is 10.6 Å². The Kier molecular flexibility index (Phi) is 2.29. The molecule has 3 rings (SSSR count). The first-order chi connectivity index (χ1) is 7.58. The van der Waals surface area contributed by atoms with Gasteiger partial charge >= 0.3 is 0 Å². The Morgan fingerprint density at radius 2 is 2.12 bits per heavy atom. The Bertz CT molecular complexity index is 313. The van der Waals surface area contributed by atoms with Gasteiger partial charge in [0, 0.05) is 6.04 Å². The summed E-state index contributed by atoms with van der Waals surface area (Å²) in [6, 6.07) is 0.520. The smallest absolute Gasteiger partial charge is 0.237 e. The first kappa shape index (κ1) is 10.6. The van der Waals surface area contributed by atoms with E-state index in [0.717, 1.165) is 18.9 Å². The molecule has 1 heterocycles. The minimum atomic E-state index is 0.101. The van der Waals surface area contributed by atoms with Crippen molar-refractivity contribution in [3.05, 3.63) is 0 Å². The minimum Gasteiger partial charge on any atom is -0.351 e. The van der Waals surface area contributed by atoms with Crippen molar-refractivity contribution in [2.75, 3.05) is 6.54 Å². The molecular formula is C13H22N2O. The normalized spacial score (nSPS) is 44.1. The lowest BCUT2D eigenvalue weighted by Crippen LogP contribution is -2.45. The van der Waals surface area contributed by atoms with E-state index >= 15 is 0 Å². The summed E-state index contributed by atoms with van der Waals surface area (Å²) in [5, 5.41) is 6.60. The summed E-state index contributed by atoms with van der Waals surface area (Å²) in [5.74, 6) is 1.63. The molecule has 3 heteroatoms. The van der Waals surface area contributed by atoms with Gasteiger partial charge in [-0.05, 0) is 43.1 Å². The summed E-state index contributed by atoms with van der Waals surface area (Å²) in [5.41, 5.74) is 0.337. The van der Waals surface area contributed by atoms with Crippen LogP contribution in [0.2, 0.25) is 0 Å². The van der Waals surface area contributed by atoms with Crippen LogP contribution in [0.3, 0.4) is 0 Å². The number of hydrogen-bond donors (Lipinski definition) is 2. The maximum absolute atomic E-state index is 12.2. The molecule has 0 radical (unpaired) electrons. The van der Waals surface area contributed by atoms with E-state index in [-0.39, 0.29) is 11.9 Å². The molecule has 0 aromatic carbocycles. The van der Waals surface area contributed by atoms with E-state index in [1.807, 2.05) is 0 Å². The minimum absolute atomic E-state index is 0.101. The number of amides is 1. The average Bonchev–Trinajstić information content (AvgIpc) is 2.63. The van der Waals surface area contributed by atoms with Gasteiger partial charge in [0.1, 0.15) is 0 Å². The fourth-order valence-electron chi connectivity index (χ4n) is 3.45. The molecule has 3 fully saturated rings. The fraction of sp³-hybridized carbons (Fsp3) is 0.923. The van der Waals surface area contributed by atoms with E-state index in [0.29, 0.717) is 17.4 Å². The summed E-state index contributed by atoms with van der Waals surface area (Å²) in [4.78, 5) is 12.2. The quantitative estimate of drug-likeness (QED) is 0.739. The van der Waals surface area contributed by atoms with Gasteiger partial charge in [-0.3, -0.25) is 4.79 Å². The molecule has 2 saturated carbocycles. The maximum atomic E-state index is 12.2. The molecule has 3 nitrogen and oxygen atoms in total. The Morgan fingerprint density at radius 3 is 2.81 bits per heavy atom. The number of carbonyl (C=O) groups is 1.